The van der Waals surface area contributed by atoms with Gasteiger partial charge in [0, 0.05) is 6.54 Å². The zero-order valence-electron chi connectivity index (χ0n) is 12.1. The summed E-state index contributed by atoms with van der Waals surface area (Å²) in [5.41, 5.74) is 2.05. The first kappa shape index (κ1) is 13.8. The fourth-order valence-electron chi connectivity index (χ4n) is 1.90. The second-order valence-corrected chi connectivity index (χ2v) is 5.57. The van der Waals surface area contributed by atoms with Crippen molar-refractivity contribution in [2.24, 2.45) is 0 Å². The van der Waals surface area contributed by atoms with Gasteiger partial charge in [-0.1, -0.05) is 0 Å². The van der Waals surface area contributed by atoms with Gasteiger partial charge in [-0.3, -0.25) is 4.57 Å². The van der Waals surface area contributed by atoms with Gasteiger partial charge in [-0.25, -0.2) is 0 Å². The zero-order valence-corrected chi connectivity index (χ0v) is 12.9. The van der Waals surface area contributed by atoms with E-state index in [2.05, 4.69) is 20.4 Å². The third-order valence-electron chi connectivity index (χ3n) is 3.18. The highest BCUT2D eigenvalue weighted by atomic mass is 32.2. The van der Waals surface area contributed by atoms with E-state index in [1.165, 1.54) is 11.8 Å². The lowest BCUT2D eigenvalue weighted by molar-refractivity contribution is 0.567. The molecule has 0 saturated carbocycles. The first-order valence-corrected chi connectivity index (χ1v) is 7.46. The smallest absolute Gasteiger partial charge is 0.200 e. The largest absolute Gasteiger partial charge is 0.461 e. The standard InChI is InChI=1S/C14H15N5OS/c1-4-19-13(11-6-5-7-20-11)17-18-14(19)21-12-8-9(2)10(3)15-16-12/h5-8H,4H2,1-3H3. The van der Waals surface area contributed by atoms with Crippen molar-refractivity contribution in [1.29, 1.82) is 0 Å². The average Bonchev–Trinajstić information content (AvgIpc) is 3.11. The molecule has 3 heterocycles. The molecule has 21 heavy (non-hydrogen) atoms. The molecular weight excluding hydrogens is 286 g/mol. The van der Waals surface area contributed by atoms with E-state index >= 15 is 0 Å². The Morgan fingerprint density at radius 3 is 2.71 bits per heavy atom. The van der Waals surface area contributed by atoms with Gasteiger partial charge in [0.2, 0.25) is 0 Å². The summed E-state index contributed by atoms with van der Waals surface area (Å²) in [6.07, 6.45) is 1.63. The van der Waals surface area contributed by atoms with E-state index in [4.69, 9.17) is 4.42 Å². The lowest BCUT2D eigenvalue weighted by atomic mass is 10.3. The van der Waals surface area contributed by atoms with Crippen molar-refractivity contribution < 1.29 is 4.42 Å². The van der Waals surface area contributed by atoms with Crippen LogP contribution in [0.5, 0.6) is 0 Å². The number of nitrogens with zero attached hydrogens (tertiary/aromatic N) is 5. The van der Waals surface area contributed by atoms with E-state index in [9.17, 15) is 0 Å². The maximum Gasteiger partial charge on any atom is 0.200 e. The monoisotopic (exact) mass is 301 g/mol. The molecule has 0 aliphatic rings. The molecular formula is C14H15N5OS. The minimum atomic E-state index is 0.711. The van der Waals surface area contributed by atoms with Crippen molar-refractivity contribution in [3.8, 4) is 11.6 Å². The van der Waals surface area contributed by atoms with Crippen LogP contribution in [0, 0.1) is 13.8 Å². The Hall–Kier alpha value is -2.15. The molecule has 3 aromatic heterocycles. The molecule has 0 unspecified atom stereocenters. The zero-order chi connectivity index (χ0) is 14.8. The minimum Gasteiger partial charge on any atom is -0.461 e. The average molecular weight is 301 g/mol. The summed E-state index contributed by atoms with van der Waals surface area (Å²) in [7, 11) is 0. The quantitative estimate of drug-likeness (QED) is 0.737. The lowest BCUT2D eigenvalue weighted by Crippen LogP contribution is -2.00. The number of hydrogen-bond acceptors (Lipinski definition) is 6. The number of furan rings is 1. The molecule has 0 aliphatic heterocycles. The van der Waals surface area contributed by atoms with Crippen LogP contribution in [-0.2, 0) is 6.54 Å². The highest BCUT2D eigenvalue weighted by Crippen LogP contribution is 2.28. The molecule has 108 valence electrons. The van der Waals surface area contributed by atoms with Crippen molar-refractivity contribution in [3.05, 3.63) is 35.7 Å². The predicted molar refractivity (Wildman–Crippen MR) is 79.0 cm³/mol. The Kier molecular flexibility index (Phi) is 3.74. The molecule has 0 atom stereocenters. The molecule has 0 aromatic carbocycles. The summed E-state index contributed by atoms with van der Waals surface area (Å²) in [4.78, 5) is 0. The molecule has 3 rings (SSSR count). The Labute approximate surface area is 126 Å². The molecule has 6 nitrogen and oxygen atoms in total. The fourth-order valence-corrected chi connectivity index (χ4v) is 2.81. The summed E-state index contributed by atoms with van der Waals surface area (Å²) < 4.78 is 7.40. The van der Waals surface area contributed by atoms with Gasteiger partial charge in [-0.05, 0) is 56.3 Å². The third-order valence-corrected chi connectivity index (χ3v) is 4.07. The number of aromatic nitrogens is 5. The van der Waals surface area contributed by atoms with Crippen LogP contribution in [0.2, 0.25) is 0 Å². The summed E-state index contributed by atoms with van der Waals surface area (Å²) in [5.74, 6) is 1.43. The second-order valence-electron chi connectivity index (χ2n) is 4.58. The number of aryl methyl sites for hydroxylation is 2. The molecule has 7 heteroatoms. The summed E-state index contributed by atoms with van der Waals surface area (Å²) in [5, 5.41) is 18.4. The molecule has 0 amide bonds. The third kappa shape index (κ3) is 2.69. The van der Waals surface area contributed by atoms with Crippen LogP contribution in [0.3, 0.4) is 0 Å². The molecule has 0 saturated heterocycles. The Balaban J connectivity index is 1.94. The number of rotatable bonds is 4. The summed E-state index contributed by atoms with van der Waals surface area (Å²) in [6.45, 7) is 6.77. The van der Waals surface area contributed by atoms with Crippen molar-refractivity contribution in [2.45, 2.75) is 37.5 Å². The van der Waals surface area contributed by atoms with Crippen LogP contribution in [0.25, 0.3) is 11.6 Å². The SMILES string of the molecule is CCn1c(Sc2cc(C)c(C)nn2)nnc1-c1ccco1. The van der Waals surface area contributed by atoms with E-state index in [-0.39, 0.29) is 0 Å². The van der Waals surface area contributed by atoms with Crippen molar-refractivity contribution in [3.63, 3.8) is 0 Å². The van der Waals surface area contributed by atoms with Gasteiger partial charge in [0.15, 0.2) is 16.7 Å². The van der Waals surface area contributed by atoms with Gasteiger partial charge < -0.3 is 4.42 Å². The van der Waals surface area contributed by atoms with E-state index in [1.807, 2.05) is 43.5 Å². The normalized spacial score (nSPS) is 11.0. The van der Waals surface area contributed by atoms with E-state index in [1.54, 1.807) is 6.26 Å². The predicted octanol–water partition coefficient (Wildman–Crippen LogP) is 3.12. The Morgan fingerprint density at radius 1 is 1.19 bits per heavy atom. The van der Waals surface area contributed by atoms with Crippen LogP contribution in [0.1, 0.15) is 18.2 Å². The molecule has 0 aliphatic carbocycles. The van der Waals surface area contributed by atoms with Crippen LogP contribution in [-0.4, -0.2) is 25.0 Å². The molecule has 0 bridgehead atoms. The maximum absolute atomic E-state index is 5.40. The second kappa shape index (κ2) is 5.69. The van der Waals surface area contributed by atoms with Crippen LogP contribution >= 0.6 is 11.8 Å². The van der Waals surface area contributed by atoms with Crippen molar-refractivity contribution >= 4 is 11.8 Å². The molecule has 0 N–H and O–H groups in total. The van der Waals surface area contributed by atoms with Gasteiger partial charge in [-0.15, -0.1) is 15.3 Å². The van der Waals surface area contributed by atoms with Crippen molar-refractivity contribution in [1.82, 2.24) is 25.0 Å². The van der Waals surface area contributed by atoms with Gasteiger partial charge in [0.25, 0.3) is 0 Å². The topological polar surface area (TPSA) is 69.6 Å². The Bertz CT molecular complexity index is 751. The molecule has 0 radical (unpaired) electrons. The number of hydrogen-bond donors (Lipinski definition) is 0. The van der Waals surface area contributed by atoms with E-state index in [0.717, 1.165) is 33.8 Å². The first-order chi connectivity index (χ1) is 10.2. The molecule has 3 aromatic rings. The van der Waals surface area contributed by atoms with Gasteiger partial charge in [-0.2, -0.15) is 5.10 Å². The summed E-state index contributed by atoms with van der Waals surface area (Å²) in [6, 6.07) is 5.72. The van der Waals surface area contributed by atoms with E-state index < -0.39 is 0 Å². The maximum atomic E-state index is 5.40. The molecule has 0 fully saturated rings. The fraction of sp³-hybridized carbons (Fsp3) is 0.286. The first-order valence-electron chi connectivity index (χ1n) is 6.65. The van der Waals surface area contributed by atoms with Gasteiger partial charge in [0.1, 0.15) is 5.03 Å². The van der Waals surface area contributed by atoms with Crippen molar-refractivity contribution in [2.75, 3.05) is 0 Å². The molecule has 0 spiro atoms. The van der Waals surface area contributed by atoms with Gasteiger partial charge >= 0.3 is 0 Å². The Morgan fingerprint density at radius 2 is 2.05 bits per heavy atom. The van der Waals surface area contributed by atoms with Crippen LogP contribution < -0.4 is 0 Å². The highest BCUT2D eigenvalue weighted by Gasteiger charge is 2.16. The van der Waals surface area contributed by atoms with Crippen LogP contribution in [0.15, 0.2) is 39.1 Å². The lowest BCUT2D eigenvalue weighted by Gasteiger charge is -2.05. The minimum absolute atomic E-state index is 0.711. The summed E-state index contributed by atoms with van der Waals surface area (Å²) >= 11 is 1.45. The van der Waals surface area contributed by atoms with E-state index in [0.29, 0.717) is 5.76 Å². The van der Waals surface area contributed by atoms with Gasteiger partial charge in [0.05, 0.1) is 12.0 Å². The highest BCUT2D eigenvalue weighted by molar-refractivity contribution is 7.99. The van der Waals surface area contributed by atoms with Crippen LogP contribution in [0.4, 0.5) is 0 Å².